The van der Waals surface area contributed by atoms with Gasteiger partial charge in [-0.25, -0.2) is 4.79 Å². The highest BCUT2D eigenvalue weighted by atomic mass is 16.4. The molecule has 3 rings (SSSR count). The fourth-order valence-corrected chi connectivity index (χ4v) is 3.16. The molecule has 136 valence electrons. The molecule has 0 saturated heterocycles. The Bertz CT molecular complexity index is 922. The number of rotatable bonds is 4. The minimum Gasteiger partial charge on any atom is -0.503 e. The van der Waals surface area contributed by atoms with Crippen LogP contribution >= 0.6 is 0 Å². The summed E-state index contributed by atoms with van der Waals surface area (Å²) in [6.45, 7) is 0. The predicted molar refractivity (Wildman–Crippen MR) is 93.0 cm³/mol. The van der Waals surface area contributed by atoms with Crippen LogP contribution in [0.4, 0.5) is 0 Å². The number of hydrogen-bond acceptors (Lipinski definition) is 5. The van der Waals surface area contributed by atoms with E-state index in [1.54, 1.807) is 12.1 Å². The van der Waals surface area contributed by atoms with Crippen LogP contribution in [0, 0.1) is 0 Å². The summed E-state index contributed by atoms with van der Waals surface area (Å²) >= 11 is 0. The number of amides is 1. The molecule has 0 bridgehead atoms. The van der Waals surface area contributed by atoms with Crippen molar-refractivity contribution in [1.82, 2.24) is 14.6 Å². The summed E-state index contributed by atoms with van der Waals surface area (Å²) in [5.41, 5.74) is -0.733. The highest BCUT2D eigenvalue weighted by Gasteiger charge is 2.37. The Morgan fingerprint density at radius 1 is 1.15 bits per heavy atom. The van der Waals surface area contributed by atoms with Crippen molar-refractivity contribution in [2.75, 3.05) is 14.1 Å². The first-order valence-corrected chi connectivity index (χ1v) is 8.09. The second-order valence-corrected chi connectivity index (χ2v) is 6.19. The van der Waals surface area contributed by atoms with Gasteiger partial charge >= 0.3 is 5.97 Å². The fraction of sp³-hybridized carbons (Fsp3) is 0.278. The zero-order valence-corrected chi connectivity index (χ0v) is 14.4. The van der Waals surface area contributed by atoms with Gasteiger partial charge in [0.25, 0.3) is 5.91 Å². The van der Waals surface area contributed by atoms with Gasteiger partial charge in [-0.1, -0.05) is 30.3 Å². The molecule has 0 saturated carbocycles. The molecular weight excluding hydrogens is 338 g/mol. The van der Waals surface area contributed by atoms with Crippen LogP contribution < -0.4 is 5.43 Å². The smallest absolute Gasteiger partial charge is 0.341 e. The molecule has 0 aliphatic carbocycles. The molecule has 8 heteroatoms. The van der Waals surface area contributed by atoms with Gasteiger partial charge < -0.3 is 14.8 Å². The first kappa shape index (κ1) is 17.7. The van der Waals surface area contributed by atoms with Crippen LogP contribution in [-0.2, 0) is 6.42 Å². The Labute approximate surface area is 149 Å². The van der Waals surface area contributed by atoms with Gasteiger partial charge in [0.1, 0.15) is 11.7 Å². The quantitative estimate of drug-likeness (QED) is 0.855. The maximum absolute atomic E-state index is 12.5. The van der Waals surface area contributed by atoms with Crippen LogP contribution in [0.1, 0.15) is 39.0 Å². The summed E-state index contributed by atoms with van der Waals surface area (Å²) in [5.74, 6) is -2.86. The van der Waals surface area contributed by atoms with Crippen molar-refractivity contribution in [3.63, 3.8) is 0 Å². The molecule has 1 aromatic carbocycles. The van der Waals surface area contributed by atoms with Crippen molar-refractivity contribution in [2.24, 2.45) is 0 Å². The molecule has 2 heterocycles. The predicted octanol–water partition coefficient (Wildman–Crippen LogP) is 1.32. The normalized spacial score (nSPS) is 17.2. The number of hydrazine groups is 1. The number of aromatic hydroxyl groups is 1. The van der Waals surface area contributed by atoms with Crippen molar-refractivity contribution in [3.05, 3.63) is 63.6 Å². The Kier molecular flexibility index (Phi) is 4.52. The van der Waals surface area contributed by atoms with Gasteiger partial charge in [-0.15, -0.1) is 0 Å². The lowest BCUT2D eigenvalue weighted by atomic mass is 10.1. The average Bonchev–Trinajstić information content (AvgIpc) is 2.62. The number of carboxylic acids is 1. The number of hydrogen-bond donors (Lipinski definition) is 2. The molecule has 2 aromatic rings. The third-order valence-electron chi connectivity index (χ3n) is 4.70. The first-order valence-electron chi connectivity index (χ1n) is 8.09. The molecule has 26 heavy (non-hydrogen) atoms. The molecule has 1 aromatic heterocycles. The van der Waals surface area contributed by atoms with E-state index in [9.17, 15) is 24.6 Å². The van der Waals surface area contributed by atoms with Crippen LogP contribution in [0.15, 0.2) is 41.3 Å². The summed E-state index contributed by atoms with van der Waals surface area (Å²) in [7, 11) is 3.24. The number of aryl methyl sites for hydroxylation is 1. The highest BCUT2D eigenvalue weighted by molar-refractivity contribution is 5.97. The van der Waals surface area contributed by atoms with Crippen LogP contribution in [0.2, 0.25) is 0 Å². The Hall–Kier alpha value is -3.13. The molecule has 1 aliphatic rings. The van der Waals surface area contributed by atoms with Gasteiger partial charge in [-0.2, -0.15) is 5.01 Å². The number of pyridine rings is 1. The lowest BCUT2D eigenvalue weighted by molar-refractivity contribution is -0.0451. The fourth-order valence-electron chi connectivity index (χ4n) is 3.16. The monoisotopic (exact) mass is 357 g/mol. The van der Waals surface area contributed by atoms with Crippen molar-refractivity contribution >= 4 is 11.9 Å². The summed E-state index contributed by atoms with van der Waals surface area (Å²) in [5, 5.41) is 22.4. The van der Waals surface area contributed by atoms with Crippen LogP contribution in [0.3, 0.4) is 0 Å². The summed E-state index contributed by atoms with van der Waals surface area (Å²) < 4.78 is 1.38. The molecule has 1 aliphatic heterocycles. The van der Waals surface area contributed by atoms with E-state index in [1.807, 2.05) is 30.3 Å². The largest absolute Gasteiger partial charge is 0.503 e. The molecule has 1 atom stereocenters. The third kappa shape index (κ3) is 2.84. The second kappa shape index (κ2) is 6.64. The van der Waals surface area contributed by atoms with Crippen LogP contribution in [-0.4, -0.2) is 50.8 Å². The lowest BCUT2D eigenvalue weighted by Gasteiger charge is -2.42. The van der Waals surface area contributed by atoms with E-state index in [0.29, 0.717) is 12.8 Å². The van der Waals surface area contributed by atoms with Gasteiger partial charge in [0, 0.05) is 20.3 Å². The minimum absolute atomic E-state index is 0.196. The van der Waals surface area contributed by atoms with E-state index in [2.05, 4.69) is 0 Å². The van der Waals surface area contributed by atoms with E-state index in [0.717, 1.165) is 11.8 Å². The molecule has 1 amide bonds. The standard InChI is InChI=1S/C18H19N3O5/c1-19-13(9-8-11-6-4-3-5-7-11)21-10-12(18(25)26)15(22)16(23)14(21)17(24)20(19)2/h3-7,10,13,23H,8-9H2,1-2H3,(H,25,26). The third-order valence-corrected chi connectivity index (χ3v) is 4.70. The zero-order chi connectivity index (χ0) is 19.0. The molecular formula is C18H19N3O5. The van der Waals surface area contributed by atoms with E-state index in [1.165, 1.54) is 16.6 Å². The van der Waals surface area contributed by atoms with E-state index in [4.69, 9.17) is 0 Å². The molecule has 0 spiro atoms. The number of carbonyl (C=O) groups is 2. The SMILES string of the molecule is CN1C(=O)c2c(O)c(=O)c(C(=O)O)cn2C(CCc2ccccc2)N1C. The molecule has 0 fully saturated rings. The van der Waals surface area contributed by atoms with Gasteiger partial charge in [0.05, 0.1) is 0 Å². The Morgan fingerprint density at radius 2 is 1.81 bits per heavy atom. The van der Waals surface area contributed by atoms with Crippen molar-refractivity contribution in [2.45, 2.75) is 19.0 Å². The maximum atomic E-state index is 12.5. The Balaban J connectivity index is 2.08. The maximum Gasteiger partial charge on any atom is 0.341 e. The van der Waals surface area contributed by atoms with E-state index < -0.39 is 34.8 Å². The number of carbonyl (C=O) groups excluding carboxylic acids is 1. The Morgan fingerprint density at radius 3 is 2.42 bits per heavy atom. The number of aromatic carboxylic acids is 1. The molecule has 1 unspecified atom stereocenters. The van der Waals surface area contributed by atoms with Gasteiger partial charge in [-0.3, -0.25) is 14.6 Å². The topological polar surface area (TPSA) is 103 Å². The minimum atomic E-state index is -1.45. The van der Waals surface area contributed by atoms with Crippen molar-refractivity contribution < 1.29 is 19.8 Å². The number of benzene rings is 1. The van der Waals surface area contributed by atoms with Crippen LogP contribution in [0.5, 0.6) is 5.75 Å². The molecule has 0 radical (unpaired) electrons. The van der Waals surface area contributed by atoms with E-state index in [-0.39, 0.29) is 5.69 Å². The van der Waals surface area contributed by atoms with Crippen molar-refractivity contribution in [3.8, 4) is 5.75 Å². The van der Waals surface area contributed by atoms with E-state index >= 15 is 0 Å². The molecule has 2 N–H and O–H groups in total. The van der Waals surface area contributed by atoms with Gasteiger partial charge in [0.15, 0.2) is 11.4 Å². The highest BCUT2D eigenvalue weighted by Crippen LogP contribution is 2.30. The van der Waals surface area contributed by atoms with Gasteiger partial charge in [0.2, 0.25) is 5.43 Å². The zero-order valence-electron chi connectivity index (χ0n) is 14.4. The number of nitrogens with zero attached hydrogens (tertiary/aromatic N) is 3. The van der Waals surface area contributed by atoms with Crippen molar-refractivity contribution in [1.29, 1.82) is 0 Å². The number of fused-ring (bicyclic) bond motifs is 1. The number of carboxylic acid groups (broad SMARTS) is 1. The summed E-state index contributed by atoms with van der Waals surface area (Å²) in [4.78, 5) is 35.9. The summed E-state index contributed by atoms with van der Waals surface area (Å²) in [6.07, 6.45) is 1.92. The second-order valence-electron chi connectivity index (χ2n) is 6.19. The first-order chi connectivity index (χ1) is 12.3. The molecule has 8 nitrogen and oxygen atoms in total. The average molecular weight is 357 g/mol. The summed E-state index contributed by atoms with van der Waals surface area (Å²) in [6, 6.07) is 9.72. The number of aromatic nitrogens is 1. The van der Waals surface area contributed by atoms with Crippen LogP contribution in [0.25, 0.3) is 0 Å². The lowest BCUT2D eigenvalue weighted by Crippen LogP contribution is -2.52. The van der Waals surface area contributed by atoms with Gasteiger partial charge in [-0.05, 0) is 18.4 Å².